The van der Waals surface area contributed by atoms with Gasteiger partial charge in [0.2, 0.25) is 0 Å². The Morgan fingerprint density at radius 1 is 1.11 bits per heavy atom. The summed E-state index contributed by atoms with van der Waals surface area (Å²) in [5.74, 6) is 1.40. The van der Waals surface area contributed by atoms with Crippen LogP contribution in [-0.4, -0.2) is 26.7 Å². The van der Waals surface area contributed by atoms with Crippen molar-refractivity contribution in [2.75, 3.05) is 20.8 Å². The highest BCUT2D eigenvalue weighted by Gasteiger charge is 2.45. The molecule has 4 heteroatoms. The molecule has 4 nitrogen and oxygen atoms in total. The van der Waals surface area contributed by atoms with Gasteiger partial charge in [0.1, 0.15) is 11.5 Å². The Balaban J connectivity index is 2.26. The van der Waals surface area contributed by atoms with Gasteiger partial charge in [-0.15, -0.1) is 0 Å². The number of benzene rings is 1. The Morgan fingerprint density at radius 2 is 1.74 bits per heavy atom. The van der Waals surface area contributed by atoms with Crippen molar-refractivity contribution in [1.82, 2.24) is 5.32 Å². The normalized spacial score (nSPS) is 20.0. The molecule has 1 heterocycles. The van der Waals surface area contributed by atoms with Crippen LogP contribution in [0.25, 0.3) is 0 Å². The third-order valence-electron chi connectivity index (χ3n) is 4.47. The number of hydrogen-bond acceptors (Lipinski definition) is 3. The van der Waals surface area contributed by atoms with Gasteiger partial charge >= 0.3 is 0 Å². The van der Waals surface area contributed by atoms with Crippen LogP contribution in [0.2, 0.25) is 0 Å². The Bertz CT molecular complexity index is 518. The van der Waals surface area contributed by atoms with Gasteiger partial charge in [0.05, 0.1) is 19.8 Å². The smallest absolute Gasteiger partial charge is 0.255 e. The van der Waals surface area contributed by atoms with Crippen LogP contribution in [0, 0.1) is 0 Å². The van der Waals surface area contributed by atoms with E-state index in [0.717, 1.165) is 24.2 Å². The first-order valence-corrected chi connectivity index (χ1v) is 6.75. The second-order valence-corrected chi connectivity index (χ2v) is 5.39. The molecule has 1 fully saturated rings. The van der Waals surface area contributed by atoms with Gasteiger partial charge in [0.15, 0.2) is 0 Å². The Hall–Kier alpha value is -1.71. The Morgan fingerprint density at radius 3 is 2.37 bits per heavy atom. The molecule has 0 saturated heterocycles. The maximum Gasteiger partial charge on any atom is 0.255 e. The summed E-state index contributed by atoms with van der Waals surface area (Å²) < 4.78 is 10.9. The predicted molar refractivity (Wildman–Crippen MR) is 72.0 cm³/mol. The average molecular weight is 261 g/mol. The minimum atomic E-state index is -0.0525. The van der Waals surface area contributed by atoms with Crippen LogP contribution >= 0.6 is 0 Å². The molecule has 102 valence electrons. The highest BCUT2D eigenvalue weighted by atomic mass is 16.5. The van der Waals surface area contributed by atoms with E-state index in [0.29, 0.717) is 17.9 Å². The lowest BCUT2D eigenvalue weighted by molar-refractivity contribution is 0.0919. The van der Waals surface area contributed by atoms with Crippen molar-refractivity contribution in [3.05, 3.63) is 23.3 Å². The van der Waals surface area contributed by atoms with E-state index in [2.05, 4.69) is 5.32 Å². The van der Waals surface area contributed by atoms with Crippen molar-refractivity contribution >= 4 is 5.91 Å². The molecule has 2 aliphatic rings. The number of rotatable bonds is 2. The first-order valence-electron chi connectivity index (χ1n) is 6.75. The van der Waals surface area contributed by atoms with Crippen molar-refractivity contribution in [2.24, 2.45) is 0 Å². The van der Waals surface area contributed by atoms with E-state index in [4.69, 9.17) is 9.47 Å². The quantitative estimate of drug-likeness (QED) is 0.888. The summed E-state index contributed by atoms with van der Waals surface area (Å²) >= 11 is 0. The minimum absolute atomic E-state index is 0.0309. The van der Waals surface area contributed by atoms with E-state index in [-0.39, 0.29) is 11.3 Å². The summed E-state index contributed by atoms with van der Waals surface area (Å²) in [6.45, 7) is 0.711. The second kappa shape index (κ2) is 4.44. The molecule has 0 bridgehead atoms. The number of nitrogens with one attached hydrogen (secondary N) is 1. The molecule has 3 rings (SSSR count). The van der Waals surface area contributed by atoms with E-state index in [9.17, 15) is 4.79 Å². The van der Waals surface area contributed by atoms with Crippen LogP contribution in [0.15, 0.2) is 12.1 Å². The molecule has 1 aromatic rings. The highest BCUT2D eigenvalue weighted by Crippen LogP contribution is 2.49. The molecule has 19 heavy (non-hydrogen) atoms. The zero-order valence-corrected chi connectivity index (χ0v) is 11.4. The summed E-state index contributed by atoms with van der Waals surface area (Å²) in [5.41, 5.74) is 1.74. The summed E-state index contributed by atoms with van der Waals surface area (Å²) in [4.78, 5) is 12.2. The molecule has 0 aromatic heterocycles. The van der Waals surface area contributed by atoms with Gasteiger partial charge in [-0.2, -0.15) is 0 Å². The molecule has 0 radical (unpaired) electrons. The number of methoxy groups -OCH3 is 2. The second-order valence-electron chi connectivity index (χ2n) is 5.39. The lowest BCUT2D eigenvalue weighted by atomic mass is 9.73. The number of carbonyl (C=O) groups is 1. The fourth-order valence-corrected chi connectivity index (χ4v) is 3.56. The first-order chi connectivity index (χ1) is 9.22. The van der Waals surface area contributed by atoms with Gasteiger partial charge < -0.3 is 14.8 Å². The maximum atomic E-state index is 12.2. The van der Waals surface area contributed by atoms with Gasteiger partial charge in [-0.1, -0.05) is 12.8 Å². The largest absolute Gasteiger partial charge is 0.496 e. The fourth-order valence-electron chi connectivity index (χ4n) is 3.56. The SMILES string of the molecule is COc1ccc(OC)c2c1C(=O)NCC21CCCC1. The average Bonchev–Trinajstić information content (AvgIpc) is 2.91. The van der Waals surface area contributed by atoms with Crippen molar-refractivity contribution in [1.29, 1.82) is 0 Å². The highest BCUT2D eigenvalue weighted by molar-refractivity contribution is 6.01. The van der Waals surface area contributed by atoms with Crippen LogP contribution in [0.3, 0.4) is 0 Å². The lowest BCUT2D eigenvalue weighted by Crippen LogP contribution is -2.45. The summed E-state index contributed by atoms with van der Waals surface area (Å²) in [6, 6.07) is 3.72. The van der Waals surface area contributed by atoms with E-state index >= 15 is 0 Å². The molecule has 1 saturated carbocycles. The van der Waals surface area contributed by atoms with Crippen molar-refractivity contribution in [3.8, 4) is 11.5 Å². The van der Waals surface area contributed by atoms with E-state index in [1.807, 2.05) is 12.1 Å². The molecule has 0 unspecified atom stereocenters. The molecule has 0 atom stereocenters. The molecular weight excluding hydrogens is 242 g/mol. The van der Waals surface area contributed by atoms with Crippen LogP contribution in [0.1, 0.15) is 41.6 Å². The Kier molecular flexibility index (Phi) is 2.88. The monoisotopic (exact) mass is 261 g/mol. The van der Waals surface area contributed by atoms with Gasteiger partial charge in [0, 0.05) is 17.5 Å². The standard InChI is InChI=1S/C15H19NO3/c1-18-10-5-6-11(19-2)13-12(10)14(17)16-9-15(13)7-3-4-8-15/h5-6H,3-4,7-9H2,1-2H3,(H,16,17). The molecule has 1 aliphatic carbocycles. The van der Waals surface area contributed by atoms with E-state index in [1.54, 1.807) is 14.2 Å². The Labute approximate surface area is 113 Å². The van der Waals surface area contributed by atoms with Crippen LogP contribution in [-0.2, 0) is 5.41 Å². The molecule has 1 spiro atoms. The van der Waals surface area contributed by atoms with Crippen molar-refractivity contribution in [2.45, 2.75) is 31.1 Å². The summed E-state index contributed by atoms with van der Waals surface area (Å²) in [5, 5.41) is 3.02. The third kappa shape index (κ3) is 1.70. The van der Waals surface area contributed by atoms with Gasteiger partial charge in [-0.05, 0) is 25.0 Å². The minimum Gasteiger partial charge on any atom is -0.496 e. The molecular formula is C15H19NO3. The number of hydrogen-bond donors (Lipinski definition) is 1. The summed E-state index contributed by atoms with van der Waals surface area (Å²) in [7, 11) is 3.27. The molecule has 1 aliphatic heterocycles. The number of ether oxygens (including phenoxy) is 2. The van der Waals surface area contributed by atoms with Crippen LogP contribution < -0.4 is 14.8 Å². The number of amides is 1. The van der Waals surface area contributed by atoms with Crippen molar-refractivity contribution < 1.29 is 14.3 Å². The van der Waals surface area contributed by atoms with Gasteiger partial charge in [0.25, 0.3) is 5.91 Å². The van der Waals surface area contributed by atoms with E-state index in [1.165, 1.54) is 12.8 Å². The van der Waals surface area contributed by atoms with Crippen LogP contribution in [0.5, 0.6) is 11.5 Å². The van der Waals surface area contributed by atoms with Crippen LogP contribution in [0.4, 0.5) is 0 Å². The zero-order chi connectivity index (χ0) is 13.5. The van der Waals surface area contributed by atoms with Gasteiger partial charge in [-0.3, -0.25) is 4.79 Å². The lowest BCUT2D eigenvalue weighted by Gasteiger charge is -2.37. The number of carbonyl (C=O) groups excluding carboxylic acids is 1. The summed E-state index contributed by atoms with van der Waals surface area (Å²) in [6.07, 6.45) is 4.61. The third-order valence-corrected chi connectivity index (χ3v) is 4.47. The topological polar surface area (TPSA) is 47.6 Å². The molecule has 1 amide bonds. The number of fused-ring (bicyclic) bond motifs is 2. The zero-order valence-electron chi connectivity index (χ0n) is 11.4. The maximum absolute atomic E-state index is 12.2. The fraction of sp³-hybridized carbons (Fsp3) is 0.533. The predicted octanol–water partition coefficient (Wildman–Crippen LogP) is 2.26. The van der Waals surface area contributed by atoms with Crippen molar-refractivity contribution in [3.63, 3.8) is 0 Å². The molecule has 1 N–H and O–H groups in total. The first kappa shape index (κ1) is 12.3. The van der Waals surface area contributed by atoms with Gasteiger partial charge in [-0.25, -0.2) is 0 Å². The van der Waals surface area contributed by atoms with E-state index < -0.39 is 0 Å². The molecule has 1 aromatic carbocycles.